The molecule has 0 spiro atoms. The van der Waals surface area contributed by atoms with Crippen LogP contribution in [0.3, 0.4) is 0 Å². The molecule has 0 saturated carbocycles. The van der Waals surface area contributed by atoms with Gasteiger partial charge in [-0.05, 0) is 37.3 Å². The van der Waals surface area contributed by atoms with Crippen molar-refractivity contribution in [2.75, 3.05) is 24.9 Å². The summed E-state index contributed by atoms with van der Waals surface area (Å²) in [5, 5.41) is 9.34. The molecule has 0 amide bonds. The van der Waals surface area contributed by atoms with Gasteiger partial charge in [0.1, 0.15) is 15.6 Å². The molecule has 0 aliphatic heterocycles. The number of rotatable bonds is 7. The van der Waals surface area contributed by atoms with Crippen molar-refractivity contribution in [2.24, 2.45) is 0 Å². The highest BCUT2D eigenvalue weighted by Crippen LogP contribution is 2.29. The van der Waals surface area contributed by atoms with Crippen molar-refractivity contribution in [3.05, 3.63) is 54.1 Å². The zero-order valence-electron chi connectivity index (χ0n) is 15.4. The molecule has 2 aromatic carbocycles. The fourth-order valence-electron chi connectivity index (χ4n) is 2.58. The van der Waals surface area contributed by atoms with Crippen LogP contribution in [0.15, 0.2) is 53.7 Å². The number of benzene rings is 2. The standard InChI is InChI=1S/C19H21N3O3S2/c1-14-5-4-6-15(13-14)18-20-21-19(26-11-12-27(3,23)24)22(18)16-7-9-17(25-2)10-8-16/h4-10,13H,11-12H2,1-3H3. The maximum atomic E-state index is 11.4. The SMILES string of the molecule is COc1ccc(-n2c(SCCS(C)(=O)=O)nnc2-c2cccc(C)c2)cc1. The molecular formula is C19H21N3O3S2. The van der Waals surface area contributed by atoms with Crippen molar-refractivity contribution < 1.29 is 13.2 Å². The molecule has 142 valence electrons. The minimum Gasteiger partial charge on any atom is -0.497 e. The third kappa shape index (κ3) is 4.90. The Kier molecular flexibility index (Phi) is 5.86. The van der Waals surface area contributed by atoms with Crippen LogP contribution >= 0.6 is 11.8 Å². The normalized spacial score (nSPS) is 11.5. The van der Waals surface area contributed by atoms with Gasteiger partial charge >= 0.3 is 0 Å². The van der Waals surface area contributed by atoms with E-state index in [1.807, 2.05) is 54.0 Å². The minimum absolute atomic E-state index is 0.0902. The summed E-state index contributed by atoms with van der Waals surface area (Å²) in [6.07, 6.45) is 1.24. The summed E-state index contributed by atoms with van der Waals surface area (Å²) >= 11 is 1.38. The van der Waals surface area contributed by atoms with Crippen LogP contribution in [-0.2, 0) is 9.84 Å². The Labute approximate surface area is 163 Å². The van der Waals surface area contributed by atoms with Crippen LogP contribution in [0.1, 0.15) is 5.56 Å². The number of hydrogen-bond donors (Lipinski definition) is 0. The number of aromatic nitrogens is 3. The van der Waals surface area contributed by atoms with E-state index in [0.717, 1.165) is 22.6 Å². The second-order valence-corrected chi connectivity index (χ2v) is 9.51. The van der Waals surface area contributed by atoms with Gasteiger partial charge in [-0.3, -0.25) is 4.57 Å². The predicted molar refractivity (Wildman–Crippen MR) is 109 cm³/mol. The lowest BCUT2D eigenvalue weighted by molar-refractivity contribution is 0.414. The first-order chi connectivity index (χ1) is 12.9. The molecule has 6 nitrogen and oxygen atoms in total. The van der Waals surface area contributed by atoms with E-state index < -0.39 is 9.84 Å². The highest BCUT2D eigenvalue weighted by molar-refractivity contribution is 8.00. The van der Waals surface area contributed by atoms with Gasteiger partial charge in [0, 0.05) is 23.3 Å². The Bertz CT molecular complexity index is 1030. The van der Waals surface area contributed by atoms with Gasteiger partial charge < -0.3 is 4.74 Å². The van der Waals surface area contributed by atoms with Crippen molar-refractivity contribution in [3.8, 4) is 22.8 Å². The van der Waals surface area contributed by atoms with Gasteiger partial charge in [0.05, 0.1) is 12.9 Å². The molecule has 3 rings (SSSR count). The summed E-state index contributed by atoms with van der Waals surface area (Å²) in [6.45, 7) is 2.03. The van der Waals surface area contributed by atoms with Crippen LogP contribution in [0.4, 0.5) is 0 Å². The third-order valence-electron chi connectivity index (χ3n) is 3.93. The Morgan fingerprint density at radius 1 is 1.11 bits per heavy atom. The van der Waals surface area contributed by atoms with Gasteiger partial charge in [0.15, 0.2) is 11.0 Å². The summed E-state index contributed by atoms with van der Waals surface area (Å²) in [6, 6.07) is 15.7. The van der Waals surface area contributed by atoms with Crippen molar-refractivity contribution in [1.29, 1.82) is 0 Å². The number of sulfone groups is 1. The van der Waals surface area contributed by atoms with E-state index in [9.17, 15) is 8.42 Å². The maximum absolute atomic E-state index is 11.4. The Hall–Kier alpha value is -2.32. The Morgan fingerprint density at radius 2 is 1.85 bits per heavy atom. The number of ether oxygens (including phenoxy) is 1. The first-order valence-electron chi connectivity index (χ1n) is 8.35. The molecule has 1 heterocycles. The van der Waals surface area contributed by atoms with Crippen LogP contribution in [-0.4, -0.2) is 48.1 Å². The first-order valence-corrected chi connectivity index (χ1v) is 11.4. The smallest absolute Gasteiger partial charge is 0.196 e. The van der Waals surface area contributed by atoms with E-state index in [-0.39, 0.29) is 5.75 Å². The zero-order chi connectivity index (χ0) is 19.4. The van der Waals surface area contributed by atoms with E-state index in [1.54, 1.807) is 7.11 Å². The van der Waals surface area contributed by atoms with Crippen LogP contribution in [0.2, 0.25) is 0 Å². The molecule has 0 unspecified atom stereocenters. The molecule has 0 fully saturated rings. The van der Waals surface area contributed by atoms with Crippen LogP contribution < -0.4 is 4.74 Å². The van der Waals surface area contributed by atoms with Gasteiger partial charge in [-0.2, -0.15) is 0 Å². The van der Waals surface area contributed by atoms with Gasteiger partial charge in [0.2, 0.25) is 0 Å². The number of thioether (sulfide) groups is 1. The van der Waals surface area contributed by atoms with Crippen molar-refractivity contribution in [3.63, 3.8) is 0 Å². The lowest BCUT2D eigenvalue weighted by Crippen LogP contribution is -2.06. The minimum atomic E-state index is -3.03. The highest BCUT2D eigenvalue weighted by Gasteiger charge is 2.17. The molecule has 0 saturated heterocycles. The fraction of sp³-hybridized carbons (Fsp3) is 0.263. The molecule has 0 aliphatic rings. The highest BCUT2D eigenvalue weighted by atomic mass is 32.2. The monoisotopic (exact) mass is 403 g/mol. The van der Waals surface area contributed by atoms with Gasteiger partial charge in [0.25, 0.3) is 0 Å². The van der Waals surface area contributed by atoms with Gasteiger partial charge in [-0.15, -0.1) is 10.2 Å². The van der Waals surface area contributed by atoms with Gasteiger partial charge in [-0.1, -0.05) is 35.5 Å². The molecule has 3 aromatic rings. The first kappa shape index (κ1) is 19.4. The Morgan fingerprint density at radius 3 is 2.48 bits per heavy atom. The fourth-order valence-corrected chi connectivity index (χ4v) is 4.73. The van der Waals surface area contributed by atoms with E-state index in [2.05, 4.69) is 16.3 Å². The lowest BCUT2D eigenvalue weighted by Gasteiger charge is -2.11. The van der Waals surface area contributed by atoms with Crippen molar-refractivity contribution in [2.45, 2.75) is 12.1 Å². The zero-order valence-corrected chi connectivity index (χ0v) is 17.0. The topological polar surface area (TPSA) is 74.1 Å². The second-order valence-electron chi connectivity index (χ2n) is 6.19. The number of nitrogens with zero attached hydrogens (tertiary/aromatic N) is 3. The Balaban J connectivity index is 2.03. The lowest BCUT2D eigenvalue weighted by atomic mass is 10.1. The maximum Gasteiger partial charge on any atom is 0.196 e. The largest absolute Gasteiger partial charge is 0.497 e. The molecule has 0 aliphatic carbocycles. The molecule has 0 atom stereocenters. The molecule has 27 heavy (non-hydrogen) atoms. The van der Waals surface area contributed by atoms with Gasteiger partial charge in [-0.25, -0.2) is 8.42 Å². The summed E-state index contributed by atoms with van der Waals surface area (Å²) in [7, 11) is -1.40. The number of methoxy groups -OCH3 is 1. The summed E-state index contributed by atoms with van der Waals surface area (Å²) < 4.78 is 30.1. The molecular weight excluding hydrogens is 382 g/mol. The predicted octanol–water partition coefficient (Wildman–Crippen LogP) is 3.39. The molecule has 0 bridgehead atoms. The van der Waals surface area contributed by atoms with E-state index in [1.165, 1.54) is 18.0 Å². The van der Waals surface area contributed by atoms with Crippen LogP contribution in [0.5, 0.6) is 5.75 Å². The molecule has 8 heteroatoms. The summed E-state index contributed by atoms with van der Waals surface area (Å²) in [4.78, 5) is 0. The average Bonchev–Trinajstić information content (AvgIpc) is 3.04. The van der Waals surface area contributed by atoms with Crippen LogP contribution in [0.25, 0.3) is 17.1 Å². The van der Waals surface area contributed by atoms with Crippen molar-refractivity contribution >= 4 is 21.6 Å². The van der Waals surface area contributed by atoms with E-state index >= 15 is 0 Å². The molecule has 1 aromatic heterocycles. The summed E-state index contributed by atoms with van der Waals surface area (Å²) in [5.74, 6) is 1.98. The van der Waals surface area contributed by atoms with E-state index in [4.69, 9.17) is 4.74 Å². The van der Waals surface area contributed by atoms with Crippen LogP contribution in [0, 0.1) is 6.92 Å². The third-order valence-corrected chi connectivity index (χ3v) is 6.06. The number of hydrogen-bond acceptors (Lipinski definition) is 6. The number of aryl methyl sites for hydroxylation is 1. The molecule has 0 radical (unpaired) electrons. The quantitative estimate of drug-likeness (QED) is 0.563. The molecule has 0 N–H and O–H groups in total. The van der Waals surface area contributed by atoms with E-state index in [0.29, 0.717) is 16.7 Å². The summed E-state index contributed by atoms with van der Waals surface area (Å²) in [5.41, 5.74) is 2.97. The average molecular weight is 404 g/mol. The van der Waals surface area contributed by atoms with Crippen molar-refractivity contribution in [1.82, 2.24) is 14.8 Å². The second kappa shape index (κ2) is 8.14.